The number of ether oxygens (including phenoxy) is 2. The normalized spacial score (nSPS) is 13.4. The molecule has 1 aliphatic heterocycles. The minimum absolute atomic E-state index is 0.213. The highest BCUT2D eigenvalue weighted by molar-refractivity contribution is 6.46. The second-order valence-electron chi connectivity index (χ2n) is 10.2. The van der Waals surface area contributed by atoms with Gasteiger partial charge in [0, 0.05) is 5.56 Å². The maximum atomic E-state index is 13.7. The molecule has 1 aliphatic rings. The second kappa shape index (κ2) is 12.1. The Balaban J connectivity index is 1.38. The first-order chi connectivity index (χ1) is 21.4. The van der Waals surface area contributed by atoms with E-state index in [0.29, 0.717) is 28.4 Å². The summed E-state index contributed by atoms with van der Waals surface area (Å²) in [5.41, 5.74) is 2.99. The molecule has 0 atom stereocenters. The summed E-state index contributed by atoms with van der Waals surface area (Å²) in [6.45, 7) is 2.28. The number of imide groups is 2. The van der Waals surface area contributed by atoms with E-state index in [-0.39, 0.29) is 17.2 Å². The Morgan fingerprint density at radius 3 is 1.95 bits per heavy atom. The van der Waals surface area contributed by atoms with Crippen molar-refractivity contribution in [1.29, 1.82) is 0 Å². The van der Waals surface area contributed by atoms with Crippen LogP contribution >= 0.6 is 11.6 Å². The number of hydrogen-bond donors (Lipinski definition) is 0. The summed E-state index contributed by atoms with van der Waals surface area (Å²) in [5, 5.41) is 2.42. The average Bonchev–Trinajstić information content (AvgIpc) is 3.04. The number of methoxy groups -OCH3 is 1. The van der Waals surface area contributed by atoms with Crippen molar-refractivity contribution >= 4 is 57.7 Å². The number of fused-ring (bicyclic) bond motifs is 1. The Hall–Kier alpha value is -5.40. The van der Waals surface area contributed by atoms with E-state index in [9.17, 15) is 14.4 Å². The predicted octanol–water partition coefficient (Wildman–Crippen LogP) is 7.97. The summed E-state index contributed by atoms with van der Waals surface area (Å²) in [5.74, 6) is -0.841. The lowest BCUT2D eigenvalue weighted by molar-refractivity contribution is -0.121. The predicted molar refractivity (Wildman–Crippen MR) is 172 cm³/mol. The molecule has 0 saturated carbocycles. The molecule has 0 aliphatic carbocycles. The summed E-state index contributed by atoms with van der Waals surface area (Å²) in [7, 11) is 1.49. The summed E-state index contributed by atoms with van der Waals surface area (Å²) in [6, 6.07) is 31.6. The molecule has 8 heteroatoms. The molecule has 6 rings (SSSR count). The number of aryl methyl sites for hydroxylation is 1. The van der Waals surface area contributed by atoms with Gasteiger partial charge in [0.15, 0.2) is 11.5 Å². The van der Waals surface area contributed by atoms with Crippen LogP contribution in [0.4, 0.5) is 16.2 Å². The third kappa shape index (κ3) is 5.29. The molecule has 4 amide bonds. The number of para-hydroxylation sites is 2. The number of amides is 4. The van der Waals surface area contributed by atoms with Crippen molar-refractivity contribution in [3.63, 3.8) is 0 Å². The number of nitrogens with zero attached hydrogens (tertiary/aromatic N) is 2. The number of carbonyl (C=O) groups excluding carboxylic acids is 3. The number of rotatable bonds is 7. The van der Waals surface area contributed by atoms with Gasteiger partial charge in [-0.25, -0.2) is 14.6 Å². The van der Waals surface area contributed by atoms with Gasteiger partial charge in [0.25, 0.3) is 11.8 Å². The molecule has 1 saturated heterocycles. The third-order valence-corrected chi connectivity index (χ3v) is 7.76. The second-order valence-corrected chi connectivity index (χ2v) is 10.6. The number of carbonyl (C=O) groups is 3. The summed E-state index contributed by atoms with van der Waals surface area (Å²) < 4.78 is 11.8. The molecule has 7 nitrogen and oxygen atoms in total. The van der Waals surface area contributed by atoms with E-state index in [2.05, 4.69) is 18.2 Å². The van der Waals surface area contributed by atoms with Crippen molar-refractivity contribution in [2.24, 2.45) is 0 Å². The monoisotopic (exact) mass is 602 g/mol. The molecule has 218 valence electrons. The van der Waals surface area contributed by atoms with Gasteiger partial charge in [-0.1, -0.05) is 84.4 Å². The number of barbiturate groups is 1. The zero-order valence-electron chi connectivity index (χ0n) is 24.0. The van der Waals surface area contributed by atoms with E-state index in [0.717, 1.165) is 31.7 Å². The van der Waals surface area contributed by atoms with Gasteiger partial charge in [0.1, 0.15) is 12.2 Å². The average molecular weight is 603 g/mol. The maximum Gasteiger partial charge on any atom is 0.343 e. The minimum Gasteiger partial charge on any atom is -0.493 e. The number of anilines is 2. The molecular weight excluding hydrogens is 576 g/mol. The van der Waals surface area contributed by atoms with E-state index in [1.54, 1.807) is 72.8 Å². The van der Waals surface area contributed by atoms with Gasteiger partial charge in [0.05, 0.1) is 23.5 Å². The first-order valence-corrected chi connectivity index (χ1v) is 14.3. The van der Waals surface area contributed by atoms with Crippen LogP contribution in [0.5, 0.6) is 11.5 Å². The van der Waals surface area contributed by atoms with Crippen LogP contribution in [0.15, 0.2) is 115 Å². The van der Waals surface area contributed by atoms with Gasteiger partial charge in [-0.05, 0) is 71.3 Å². The molecule has 44 heavy (non-hydrogen) atoms. The Labute approximate surface area is 259 Å². The Morgan fingerprint density at radius 2 is 1.34 bits per heavy atom. The van der Waals surface area contributed by atoms with Crippen LogP contribution in [-0.2, 0) is 16.2 Å². The fraction of sp³-hybridized carbons (Fsp3) is 0.0833. The van der Waals surface area contributed by atoms with Crippen molar-refractivity contribution in [2.75, 3.05) is 16.9 Å². The van der Waals surface area contributed by atoms with E-state index in [1.807, 2.05) is 25.1 Å². The zero-order chi connectivity index (χ0) is 30.8. The SMILES string of the molecule is COc1cc(C=C2C(=O)N(c3ccccc3)C(=O)N(c3ccccc3)C2=O)cc(Cl)c1OCc1c(C)ccc2ccccc12. The van der Waals surface area contributed by atoms with Crippen LogP contribution in [0, 0.1) is 6.92 Å². The summed E-state index contributed by atoms with van der Waals surface area (Å²) in [6.07, 6.45) is 1.41. The van der Waals surface area contributed by atoms with Gasteiger partial charge >= 0.3 is 6.03 Å². The van der Waals surface area contributed by atoms with Crippen LogP contribution in [0.3, 0.4) is 0 Å². The molecule has 0 bridgehead atoms. The highest BCUT2D eigenvalue weighted by atomic mass is 35.5. The lowest BCUT2D eigenvalue weighted by Gasteiger charge is -2.34. The zero-order valence-corrected chi connectivity index (χ0v) is 24.7. The van der Waals surface area contributed by atoms with Crippen molar-refractivity contribution in [1.82, 2.24) is 0 Å². The van der Waals surface area contributed by atoms with Crippen LogP contribution in [0.1, 0.15) is 16.7 Å². The quantitative estimate of drug-likeness (QED) is 0.139. The van der Waals surface area contributed by atoms with Gasteiger partial charge in [-0.3, -0.25) is 9.59 Å². The Bertz CT molecular complexity index is 1880. The smallest absolute Gasteiger partial charge is 0.343 e. The number of hydrogen-bond acceptors (Lipinski definition) is 5. The minimum atomic E-state index is -0.766. The maximum absolute atomic E-state index is 13.7. The standard InChI is InChI=1S/C36H27ClN2O5/c1-23-17-18-25-11-9-10-16-28(25)30(23)22-44-33-31(37)20-24(21-32(33)43-2)19-29-34(40)38(26-12-5-3-6-13-26)36(42)39(35(29)41)27-14-7-4-8-15-27/h3-21H,22H2,1-2H3. The van der Waals surface area contributed by atoms with Crippen molar-refractivity contribution < 1.29 is 23.9 Å². The Kier molecular flexibility index (Phi) is 7.87. The van der Waals surface area contributed by atoms with Crippen LogP contribution in [-0.4, -0.2) is 25.0 Å². The highest BCUT2D eigenvalue weighted by Gasteiger charge is 2.43. The molecule has 5 aromatic carbocycles. The van der Waals surface area contributed by atoms with Crippen LogP contribution in [0.2, 0.25) is 5.02 Å². The largest absolute Gasteiger partial charge is 0.493 e. The molecular formula is C36H27ClN2O5. The molecule has 0 spiro atoms. The first kappa shape index (κ1) is 28.7. The van der Waals surface area contributed by atoms with E-state index in [4.69, 9.17) is 21.1 Å². The topological polar surface area (TPSA) is 76.2 Å². The fourth-order valence-corrected chi connectivity index (χ4v) is 5.52. The molecule has 0 N–H and O–H groups in total. The summed E-state index contributed by atoms with van der Waals surface area (Å²) >= 11 is 6.72. The first-order valence-electron chi connectivity index (χ1n) is 13.9. The third-order valence-electron chi connectivity index (χ3n) is 7.48. The van der Waals surface area contributed by atoms with Gasteiger partial charge in [0.2, 0.25) is 0 Å². The van der Waals surface area contributed by atoms with Gasteiger partial charge in [-0.15, -0.1) is 0 Å². The lowest BCUT2D eigenvalue weighted by Crippen LogP contribution is -2.57. The molecule has 0 aromatic heterocycles. The van der Waals surface area contributed by atoms with E-state index >= 15 is 0 Å². The summed E-state index contributed by atoms with van der Waals surface area (Å²) in [4.78, 5) is 43.0. The van der Waals surface area contributed by atoms with Crippen molar-refractivity contribution in [3.05, 3.63) is 136 Å². The van der Waals surface area contributed by atoms with Crippen LogP contribution < -0.4 is 19.3 Å². The van der Waals surface area contributed by atoms with Gasteiger partial charge < -0.3 is 9.47 Å². The number of urea groups is 1. The lowest BCUT2D eigenvalue weighted by atomic mass is 10.0. The van der Waals surface area contributed by atoms with E-state index < -0.39 is 17.8 Å². The molecule has 1 fully saturated rings. The molecule has 5 aromatic rings. The van der Waals surface area contributed by atoms with Crippen LogP contribution in [0.25, 0.3) is 16.8 Å². The van der Waals surface area contributed by atoms with E-state index in [1.165, 1.54) is 13.2 Å². The number of benzene rings is 5. The molecule has 0 unspecified atom stereocenters. The van der Waals surface area contributed by atoms with Crippen molar-refractivity contribution in [3.8, 4) is 11.5 Å². The molecule has 1 heterocycles. The van der Waals surface area contributed by atoms with Crippen molar-refractivity contribution in [2.45, 2.75) is 13.5 Å². The number of halogens is 1. The fourth-order valence-electron chi connectivity index (χ4n) is 5.25. The Morgan fingerprint density at radius 1 is 0.750 bits per heavy atom. The molecule has 0 radical (unpaired) electrons. The highest BCUT2D eigenvalue weighted by Crippen LogP contribution is 2.39. The van der Waals surface area contributed by atoms with Gasteiger partial charge in [-0.2, -0.15) is 0 Å².